The first kappa shape index (κ1) is 24.0. The van der Waals surface area contributed by atoms with E-state index < -0.39 is 24.5 Å². The van der Waals surface area contributed by atoms with Gasteiger partial charge in [0.15, 0.2) is 12.4 Å². The van der Waals surface area contributed by atoms with Gasteiger partial charge in [0.05, 0.1) is 6.61 Å². The average Bonchev–Trinajstić information content (AvgIpc) is 2.80. The zero-order chi connectivity index (χ0) is 24.0. The third kappa shape index (κ3) is 6.19. The van der Waals surface area contributed by atoms with Crippen LogP contribution < -0.4 is 15.4 Å². The number of esters is 1. The number of Topliss-reactive ketones (excluding diaryl/α,β-unsaturated/α-hetero) is 1. The van der Waals surface area contributed by atoms with Gasteiger partial charge in [-0.3, -0.25) is 14.4 Å². The highest BCUT2D eigenvalue weighted by Gasteiger charge is 2.27. The van der Waals surface area contributed by atoms with Crippen LogP contribution in [-0.2, 0) is 20.7 Å². The van der Waals surface area contributed by atoms with Crippen LogP contribution in [0.2, 0.25) is 0 Å². The van der Waals surface area contributed by atoms with Gasteiger partial charge in [0, 0.05) is 23.2 Å². The van der Waals surface area contributed by atoms with Crippen molar-refractivity contribution in [3.63, 3.8) is 0 Å². The Bertz CT molecular complexity index is 1050. The second-order valence-electron chi connectivity index (χ2n) is 8.10. The SMILES string of the molecule is CCOc1ccc(C(=O)NC(C(=O)OCC(=O)c2ccc3c(c2)CCC(=O)N3)C(C)C)cc1. The molecule has 0 aliphatic carbocycles. The molecule has 0 saturated carbocycles. The van der Waals surface area contributed by atoms with Gasteiger partial charge in [-0.25, -0.2) is 4.79 Å². The summed E-state index contributed by atoms with van der Waals surface area (Å²) in [6.07, 6.45) is 0.916. The number of carbonyl (C=O) groups is 4. The maximum absolute atomic E-state index is 12.6. The van der Waals surface area contributed by atoms with Gasteiger partial charge in [-0.05, 0) is 67.3 Å². The van der Waals surface area contributed by atoms with E-state index in [1.165, 1.54) is 0 Å². The number of hydrogen-bond acceptors (Lipinski definition) is 6. The number of carbonyl (C=O) groups excluding carboxylic acids is 4. The smallest absolute Gasteiger partial charge is 0.329 e. The molecule has 1 atom stereocenters. The summed E-state index contributed by atoms with van der Waals surface area (Å²) in [7, 11) is 0. The highest BCUT2D eigenvalue weighted by Crippen LogP contribution is 2.24. The number of fused-ring (bicyclic) bond motifs is 1. The summed E-state index contributed by atoms with van der Waals surface area (Å²) in [4.78, 5) is 49.3. The Morgan fingerprint density at radius 2 is 1.73 bits per heavy atom. The zero-order valence-corrected chi connectivity index (χ0v) is 19.0. The minimum Gasteiger partial charge on any atom is -0.494 e. The van der Waals surface area contributed by atoms with Crippen molar-refractivity contribution in [1.29, 1.82) is 0 Å². The predicted molar refractivity (Wildman–Crippen MR) is 122 cm³/mol. The lowest BCUT2D eigenvalue weighted by molar-refractivity contribution is -0.146. The molecule has 1 unspecified atom stereocenters. The molecule has 1 aliphatic heterocycles. The summed E-state index contributed by atoms with van der Waals surface area (Å²) < 4.78 is 10.6. The molecule has 8 heteroatoms. The summed E-state index contributed by atoms with van der Waals surface area (Å²) in [5.41, 5.74) is 2.34. The molecule has 2 N–H and O–H groups in total. The molecule has 3 rings (SSSR count). The Kier molecular flexibility index (Phi) is 7.82. The number of aryl methyl sites for hydroxylation is 1. The lowest BCUT2D eigenvalue weighted by Gasteiger charge is -2.21. The normalized spacial score (nSPS) is 13.5. The van der Waals surface area contributed by atoms with E-state index in [-0.39, 0.29) is 17.6 Å². The van der Waals surface area contributed by atoms with Gasteiger partial charge in [0.2, 0.25) is 5.91 Å². The lowest BCUT2D eigenvalue weighted by atomic mass is 9.99. The molecule has 0 fully saturated rings. The summed E-state index contributed by atoms with van der Waals surface area (Å²) in [5, 5.41) is 5.45. The van der Waals surface area contributed by atoms with Gasteiger partial charge in [-0.15, -0.1) is 0 Å². The van der Waals surface area contributed by atoms with Crippen LogP contribution in [0.3, 0.4) is 0 Å². The standard InChI is InChI=1S/C25H28N2O6/c1-4-32-19-9-5-16(6-10-19)24(30)27-23(15(2)3)25(31)33-14-21(28)18-7-11-20-17(13-18)8-12-22(29)26-20/h5-7,9-11,13,15,23H,4,8,12,14H2,1-3H3,(H,26,29)(H,27,30). The first-order valence-electron chi connectivity index (χ1n) is 10.9. The van der Waals surface area contributed by atoms with Crippen LogP contribution in [-0.4, -0.2) is 42.8 Å². The van der Waals surface area contributed by atoms with Crippen molar-refractivity contribution >= 4 is 29.3 Å². The fourth-order valence-electron chi connectivity index (χ4n) is 3.46. The Labute approximate surface area is 192 Å². The Hall–Kier alpha value is -3.68. The summed E-state index contributed by atoms with van der Waals surface area (Å²) in [6.45, 7) is 5.52. The quantitative estimate of drug-likeness (QED) is 0.447. The second-order valence-corrected chi connectivity index (χ2v) is 8.10. The maximum Gasteiger partial charge on any atom is 0.329 e. The van der Waals surface area contributed by atoms with Crippen molar-refractivity contribution in [2.45, 2.75) is 39.7 Å². The highest BCUT2D eigenvalue weighted by molar-refractivity contribution is 6.01. The fourth-order valence-corrected chi connectivity index (χ4v) is 3.46. The van der Waals surface area contributed by atoms with Crippen molar-refractivity contribution in [2.24, 2.45) is 5.92 Å². The molecule has 0 bridgehead atoms. The van der Waals surface area contributed by atoms with E-state index in [2.05, 4.69) is 10.6 Å². The number of nitrogens with one attached hydrogen (secondary N) is 2. The molecule has 2 amide bonds. The molecule has 1 aliphatic rings. The fraction of sp³-hybridized carbons (Fsp3) is 0.360. The van der Waals surface area contributed by atoms with Crippen molar-refractivity contribution in [1.82, 2.24) is 5.32 Å². The van der Waals surface area contributed by atoms with Crippen LogP contribution in [0, 0.1) is 5.92 Å². The van der Waals surface area contributed by atoms with E-state index in [1.54, 1.807) is 56.3 Å². The Balaban J connectivity index is 1.59. The number of amides is 2. The van der Waals surface area contributed by atoms with Gasteiger partial charge in [0.1, 0.15) is 11.8 Å². The van der Waals surface area contributed by atoms with Crippen LogP contribution in [0.4, 0.5) is 5.69 Å². The number of hydrogen-bond donors (Lipinski definition) is 2. The Morgan fingerprint density at radius 3 is 2.39 bits per heavy atom. The number of benzene rings is 2. The number of anilines is 1. The highest BCUT2D eigenvalue weighted by atomic mass is 16.5. The molecule has 33 heavy (non-hydrogen) atoms. The first-order chi connectivity index (χ1) is 15.8. The van der Waals surface area contributed by atoms with E-state index in [0.717, 1.165) is 5.56 Å². The molecule has 0 aromatic heterocycles. The summed E-state index contributed by atoms with van der Waals surface area (Å²) in [6, 6.07) is 10.7. The predicted octanol–water partition coefficient (Wildman–Crippen LogP) is 3.15. The number of ketones is 1. The van der Waals surface area contributed by atoms with Gasteiger partial charge in [-0.1, -0.05) is 13.8 Å². The van der Waals surface area contributed by atoms with Gasteiger partial charge in [-0.2, -0.15) is 0 Å². The van der Waals surface area contributed by atoms with E-state index in [9.17, 15) is 19.2 Å². The first-order valence-corrected chi connectivity index (χ1v) is 10.9. The molecule has 0 spiro atoms. The monoisotopic (exact) mass is 452 g/mol. The molecule has 1 heterocycles. The minimum absolute atomic E-state index is 0.0532. The molecular formula is C25H28N2O6. The third-order valence-electron chi connectivity index (χ3n) is 5.30. The zero-order valence-electron chi connectivity index (χ0n) is 19.0. The minimum atomic E-state index is -0.907. The van der Waals surface area contributed by atoms with Crippen LogP contribution in [0.1, 0.15) is 53.5 Å². The van der Waals surface area contributed by atoms with Gasteiger partial charge in [0.25, 0.3) is 5.91 Å². The largest absolute Gasteiger partial charge is 0.494 e. The van der Waals surface area contributed by atoms with Crippen molar-refractivity contribution < 1.29 is 28.7 Å². The van der Waals surface area contributed by atoms with E-state index in [1.807, 2.05) is 6.92 Å². The average molecular weight is 453 g/mol. The lowest BCUT2D eigenvalue weighted by Crippen LogP contribution is -2.45. The van der Waals surface area contributed by atoms with E-state index >= 15 is 0 Å². The maximum atomic E-state index is 12.6. The molecule has 174 valence electrons. The summed E-state index contributed by atoms with van der Waals surface area (Å²) in [5.74, 6) is -1.10. The van der Waals surface area contributed by atoms with Crippen molar-refractivity contribution in [3.05, 3.63) is 59.2 Å². The van der Waals surface area contributed by atoms with E-state index in [4.69, 9.17) is 9.47 Å². The molecule has 2 aromatic carbocycles. The van der Waals surface area contributed by atoms with E-state index in [0.29, 0.717) is 42.0 Å². The van der Waals surface area contributed by atoms with Crippen molar-refractivity contribution in [2.75, 3.05) is 18.5 Å². The topological polar surface area (TPSA) is 111 Å². The van der Waals surface area contributed by atoms with Crippen LogP contribution >= 0.6 is 0 Å². The molecular weight excluding hydrogens is 424 g/mol. The third-order valence-corrected chi connectivity index (χ3v) is 5.30. The molecule has 0 saturated heterocycles. The number of ether oxygens (including phenoxy) is 2. The van der Waals surface area contributed by atoms with Gasteiger partial charge >= 0.3 is 5.97 Å². The van der Waals surface area contributed by atoms with Crippen LogP contribution in [0.25, 0.3) is 0 Å². The van der Waals surface area contributed by atoms with Crippen LogP contribution in [0.15, 0.2) is 42.5 Å². The molecule has 2 aromatic rings. The number of rotatable bonds is 9. The molecule has 8 nitrogen and oxygen atoms in total. The Morgan fingerprint density at radius 1 is 1.03 bits per heavy atom. The summed E-state index contributed by atoms with van der Waals surface area (Å²) >= 11 is 0. The molecule has 0 radical (unpaired) electrons. The van der Waals surface area contributed by atoms with Gasteiger partial charge < -0.3 is 20.1 Å². The second kappa shape index (κ2) is 10.8. The van der Waals surface area contributed by atoms with Crippen molar-refractivity contribution in [3.8, 4) is 5.75 Å². The van der Waals surface area contributed by atoms with Crippen LogP contribution in [0.5, 0.6) is 5.75 Å².